The molecule has 1 N–H and O–H groups in total. The molecular formula is C21H31NO2. The number of rotatable bonds is 0. The van der Waals surface area contributed by atoms with Crippen LogP contribution in [-0.2, 0) is 12.8 Å². The third-order valence-electron chi connectivity index (χ3n) is 9.37. The number of fused-ring (bicyclic) bond motifs is 6. The maximum atomic E-state index is 11.0. The molecule has 0 amide bonds. The summed E-state index contributed by atoms with van der Waals surface area (Å²) in [5.41, 5.74) is 2.65. The largest absolute Gasteiger partial charge is 0.390 e. The van der Waals surface area contributed by atoms with Crippen LogP contribution in [-0.4, -0.2) is 15.9 Å². The molecule has 4 aliphatic carbocycles. The molecule has 7 atom stereocenters. The van der Waals surface area contributed by atoms with Gasteiger partial charge in [0.1, 0.15) is 6.26 Å². The second-order valence-electron chi connectivity index (χ2n) is 10.1. The average molecular weight is 329 g/mol. The molecule has 3 fully saturated rings. The number of aromatic nitrogens is 1. The number of nitrogens with zero attached hydrogens (tertiary/aromatic N) is 1. The molecule has 1 aromatic heterocycles. The van der Waals surface area contributed by atoms with Crippen molar-refractivity contribution in [2.24, 2.45) is 34.5 Å². The normalized spacial score (nSPS) is 53.0. The highest BCUT2D eigenvalue weighted by molar-refractivity contribution is 5.25. The summed E-state index contributed by atoms with van der Waals surface area (Å²) < 4.78 is 5.28. The van der Waals surface area contributed by atoms with E-state index in [0.717, 1.165) is 37.0 Å². The van der Waals surface area contributed by atoms with Crippen molar-refractivity contribution in [1.29, 1.82) is 0 Å². The molecule has 24 heavy (non-hydrogen) atoms. The zero-order chi connectivity index (χ0) is 16.7. The van der Waals surface area contributed by atoms with Crippen LogP contribution in [0.15, 0.2) is 10.8 Å². The molecular weight excluding hydrogens is 298 g/mol. The van der Waals surface area contributed by atoms with Crippen molar-refractivity contribution in [3.8, 4) is 0 Å². The van der Waals surface area contributed by atoms with Gasteiger partial charge in [-0.3, -0.25) is 0 Å². The van der Waals surface area contributed by atoms with Gasteiger partial charge in [-0.1, -0.05) is 19.0 Å². The first-order valence-electron chi connectivity index (χ1n) is 10.00. The number of hydrogen-bond acceptors (Lipinski definition) is 3. The van der Waals surface area contributed by atoms with Crippen LogP contribution in [0.1, 0.15) is 70.6 Å². The van der Waals surface area contributed by atoms with Crippen molar-refractivity contribution in [3.63, 3.8) is 0 Å². The van der Waals surface area contributed by atoms with Crippen LogP contribution in [0.5, 0.6) is 0 Å². The molecule has 1 aromatic rings. The van der Waals surface area contributed by atoms with E-state index in [9.17, 15) is 5.11 Å². The Kier molecular flexibility index (Phi) is 3.00. The van der Waals surface area contributed by atoms with Crippen LogP contribution < -0.4 is 0 Å². The average Bonchev–Trinajstić information content (AvgIpc) is 3.06. The molecule has 5 rings (SSSR count). The van der Waals surface area contributed by atoms with Gasteiger partial charge in [0.15, 0.2) is 0 Å². The summed E-state index contributed by atoms with van der Waals surface area (Å²) in [4.78, 5) is 0. The van der Waals surface area contributed by atoms with Crippen LogP contribution in [0, 0.1) is 34.5 Å². The molecule has 3 saturated carbocycles. The lowest BCUT2D eigenvalue weighted by atomic mass is 9.44. The zero-order valence-corrected chi connectivity index (χ0v) is 15.3. The van der Waals surface area contributed by atoms with Crippen LogP contribution in [0.2, 0.25) is 0 Å². The minimum Gasteiger partial charge on any atom is -0.390 e. The van der Waals surface area contributed by atoms with Crippen molar-refractivity contribution >= 4 is 0 Å². The summed E-state index contributed by atoms with van der Waals surface area (Å²) in [5, 5.41) is 15.3. The first-order chi connectivity index (χ1) is 11.4. The van der Waals surface area contributed by atoms with E-state index in [1.807, 2.05) is 6.26 Å². The van der Waals surface area contributed by atoms with Gasteiger partial charge in [0, 0.05) is 5.56 Å². The topological polar surface area (TPSA) is 46.3 Å². The molecule has 4 aliphatic rings. The van der Waals surface area contributed by atoms with Gasteiger partial charge in [-0.25, -0.2) is 0 Å². The summed E-state index contributed by atoms with van der Waals surface area (Å²) in [6.45, 7) is 7.04. The molecule has 1 heterocycles. The van der Waals surface area contributed by atoms with E-state index in [-0.39, 0.29) is 5.41 Å². The molecule has 0 aromatic carbocycles. The predicted molar refractivity (Wildman–Crippen MR) is 92.4 cm³/mol. The first-order valence-corrected chi connectivity index (χ1v) is 10.00. The van der Waals surface area contributed by atoms with Crippen LogP contribution in [0.4, 0.5) is 0 Å². The highest BCUT2D eigenvalue weighted by Crippen LogP contribution is 2.67. The fourth-order valence-electron chi connectivity index (χ4n) is 7.63. The maximum Gasteiger partial charge on any atom is 0.127 e. The molecule has 0 bridgehead atoms. The van der Waals surface area contributed by atoms with Crippen LogP contribution in [0.25, 0.3) is 0 Å². The van der Waals surface area contributed by atoms with Gasteiger partial charge >= 0.3 is 0 Å². The van der Waals surface area contributed by atoms with E-state index >= 15 is 0 Å². The second-order valence-corrected chi connectivity index (χ2v) is 10.1. The minimum absolute atomic E-state index is 0.133. The second kappa shape index (κ2) is 4.66. The molecule has 0 aliphatic heterocycles. The zero-order valence-electron chi connectivity index (χ0n) is 15.3. The molecule has 3 nitrogen and oxygen atoms in total. The lowest BCUT2D eigenvalue weighted by Crippen LogP contribution is -2.56. The minimum atomic E-state index is -0.464. The van der Waals surface area contributed by atoms with Gasteiger partial charge in [-0.15, -0.1) is 0 Å². The molecule has 132 valence electrons. The van der Waals surface area contributed by atoms with Gasteiger partial charge in [-0.2, -0.15) is 0 Å². The maximum absolute atomic E-state index is 11.0. The van der Waals surface area contributed by atoms with Crippen molar-refractivity contribution in [3.05, 3.63) is 17.5 Å². The van der Waals surface area contributed by atoms with E-state index in [4.69, 9.17) is 4.52 Å². The summed E-state index contributed by atoms with van der Waals surface area (Å²) in [6.07, 6.45) is 11.6. The highest BCUT2D eigenvalue weighted by atomic mass is 16.5. The Hall–Kier alpha value is -0.830. The SMILES string of the molecule is C[C@]12Cc3conc3C[C@@H]1CC[C@H]1[C@@H]2CC[C@@]2(C)[C@H]1CC[C@@]2(C)O. The van der Waals surface area contributed by atoms with Crippen molar-refractivity contribution in [2.75, 3.05) is 0 Å². The molecule has 3 heteroatoms. The lowest BCUT2D eigenvalue weighted by Gasteiger charge is -2.60. The standard InChI is InChI=1S/C21H31NO2/c1-19-11-13-12-24-22-18(13)10-14(19)4-5-15-16(19)6-8-20(2)17(15)7-9-21(20,3)23/h12,14-17,23H,4-11H2,1-3H3/t14-,15-,16-,17-,19-,20-,21+/m0/s1. The summed E-state index contributed by atoms with van der Waals surface area (Å²) in [7, 11) is 0. The number of aliphatic hydroxyl groups is 1. The van der Waals surface area contributed by atoms with Gasteiger partial charge in [-0.05, 0) is 92.8 Å². The first kappa shape index (κ1) is 15.4. The molecule has 0 radical (unpaired) electrons. The van der Waals surface area contributed by atoms with Crippen molar-refractivity contribution in [2.45, 2.75) is 77.7 Å². The van der Waals surface area contributed by atoms with Gasteiger partial charge in [0.25, 0.3) is 0 Å². The molecule has 0 unspecified atom stereocenters. The monoisotopic (exact) mass is 329 g/mol. The third-order valence-corrected chi connectivity index (χ3v) is 9.37. The Labute approximate surface area is 145 Å². The van der Waals surface area contributed by atoms with Gasteiger partial charge in [0.05, 0.1) is 11.3 Å². The third kappa shape index (κ3) is 1.75. The Morgan fingerprint density at radius 1 is 1.08 bits per heavy atom. The van der Waals surface area contributed by atoms with Gasteiger partial charge < -0.3 is 9.63 Å². The summed E-state index contributed by atoms with van der Waals surface area (Å²) in [6, 6.07) is 0. The van der Waals surface area contributed by atoms with E-state index in [0.29, 0.717) is 11.3 Å². The summed E-state index contributed by atoms with van der Waals surface area (Å²) in [5.74, 6) is 3.10. The van der Waals surface area contributed by atoms with Crippen molar-refractivity contribution < 1.29 is 9.63 Å². The van der Waals surface area contributed by atoms with E-state index in [2.05, 4.69) is 25.9 Å². The van der Waals surface area contributed by atoms with Gasteiger partial charge in [0.2, 0.25) is 0 Å². The Morgan fingerprint density at radius 3 is 2.71 bits per heavy atom. The van der Waals surface area contributed by atoms with Crippen LogP contribution in [0.3, 0.4) is 0 Å². The Bertz CT molecular complexity index is 665. The Morgan fingerprint density at radius 2 is 1.88 bits per heavy atom. The van der Waals surface area contributed by atoms with E-state index in [1.54, 1.807) is 0 Å². The van der Waals surface area contributed by atoms with Crippen LogP contribution >= 0.6 is 0 Å². The fourth-order valence-corrected chi connectivity index (χ4v) is 7.63. The predicted octanol–water partition coefficient (Wildman–Crippen LogP) is 4.38. The van der Waals surface area contributed by atoms with Crippen molar-refractivity contribution in [1.82, 2.24) is 5.16 Å². The Balaban J connectivity index is 1.50. The van der Waals surface area contributed by atoms with E-state index < -0.39 is 5.60 Å². The fraction of sp³-hybridized carbons (Fsp3) is 0.857. The molecule has 0 spiro atoms. The number of hydrogen-bond donors (Lipinski definition) is 1. The molecule has 0 saturated heterocycles. The van der Waals surface area contributed by atoms with E-state index in [1.165, 1.54) is 43.4 Å². The highest BCUT2D eigenvalue weighted by Gasteiger charge is 2.63. The quantitative estimate of drug-likeness (QED) is 0.768. The lowest BCUT2D eigenvalue weighted by molar-refractivity contribution is -0.139. The summed E-state index contributed by atoms with van der Waals surface area (Å²) >= 11 is 0. The smallest absolute Gasteiger partial charge is 0.127 e.